The third kappa shape index (κ3) is 24.0. The first kappa shape index (κ1) is 92.6. The van der Waals surface area contributed by atoms with Crippen molar-refractivity contribution >= 4 is 194 Å². The van der Waals surface area contributed by atoms with Gasteiger partial charge in [0.1, 0.15) is 0 Å². The Morgan fingerprint density at radius 1 is 0.265 bits per heavy atom. The number of fused-ring (bicyclic) bond motifs is 12. The summed E-state index contributed by atoms with van der Waals surface area (Å²) in [5, 5.41) is 28.8. The van der Waals surface area contributed by atoms with E-state index in [1.54, 1.807) is 0 Å². The number of hydrogen-bond donors (Lipinski definition) is 6. The van der Waals surface area contributed by atoms with Gasteiger partial charge in [-0.2, -0.15) is 0 Å². The van der Waals surface area contributed by atoms with Crippen LogP contribution in [0.2, 0.25) is 20.1 Å². The van der Waals surface area contributed by atoms with Gasteiger partial charge in [-0.25, -0.2) is 0 Å². The summed E-state index contributed by atoms with van der Waals surface area (Å²) in [6.45, 7) is 13.9. The normalized spacial score (nSPS) is 12.6. The van der Waals surface area contributed by atoms with Crippen LogP contribution >= 0.6 is 81.7 Å². The minimum Gasteiger partial charge on any atom is -0.384 e. The molecule has 0 saturated heterocycles. The van der Waals surface area contributed by atoms with Crippen LogP contribution < -0.4 is 51.5 Å². The Morgan fingerprint density at radius 2 is 0.545 bits per heavy atom. The highest BCUT2D eigenvalue weighted by molar-refractivity contribution is 8.00. The fourth-order valence-electron chi connectivity index (χ4n) is 17.6. The summed E-state index contributed by atoms with van der Waals surface area (Å²) in [4.78, 5) is 38.0. The molecule has 0 saturated carbocycles. The molecule has 0 aliphatic carbocycles. The lowest BCUT2D eigenvalue weighted by Crippen LogP contribution is -2.31. The number of hydrogen-bond acceptors (Lipinski definition) is 18. The molecule has 0 unspecified atom stereocenters. The van der Waals surface area contributed by atoms with Crippen molar-refractivity contribution in [3.05, 3.63) is 347 Å². The van der Waals surface area contributed by atoms with Crippen LogP contribution in [0.1, 0.15) is 68.9 Å². The topological polar surface area (TPSA) is 140 Å². The van der Waals surface area contributed by atoms with Crippen LogP contribution in [0.3, 0.4) is 0 Å². The van der Waals surface area contributed by atoms with Crippen molar-refractivity contribution in [3.8, 4) is 0 Å². The smallest absolute Gasteiger partial charge is 0.0737 e. The quantitative estimate of drug-likeness (QED) is 0.0213. The first-order chi connectivity index (χ1) is 65.1. The zero-order chi connectivity index (χ0) is 90.0. The molecule has 8 heterocycles. The molecule has 12 aromatic carbocycles. The van der Waals surface area contributed by atoms with Gasteiger partial charge in [-0.05, 0) is 304 Å². The summed E-state index contributed by atoms with van der Waals surface area (Å²) in [5.74, 6) is 0. The van der Waals surface area contributed by atoms with E-state index in [1.807, 2.05) is 157 Å². The number of rotatable bonds is 34. The van der Waals surface area contributed by atoms with E-state index >= 15 is 0 Å². The average molecular weight is 1880 g/mol. The summed E-state index contributed by atoms with van der Waals surface area (Å²) in [6.07, 6.45) is 19.7. The fourth-order valence-corrected chi connectivity index (χ4v) is 21.5. The van der Waals surface area contributed by atoms with Gasteiger partial charge in [0.25, 0.3) is 0 Å². The van der Waals surface area contributed by atoms with Crippen molar-refractivity contribution in [1.82, 2.24) is 35.5 Å². The number of para-hydroxylation sites is 8. The Kier molecular flexibility index (Phi) is 32.9. The minimum absolute atomic E-state index is 0.712. The van der Waals surface area contributed by atoms with Gasteiger partial charge < -0.3 is 56.4 Å². The van der Waals surface area contributed by atoms with Crippen LogP contribution in [0, 0.1) is 0 Å². The van der Waals surface area contributed by atoms with Crippen molar-refractivity contribution in [1.29, 1.82) is 0 Å². The highest BCUT2D eigenvalue weighted by atomic mass is 35.5. The molecule has 0 bridgehead atoms. The molecule has 15 nitrogen and oxygen atoms in total. The van der Waals surface area contributed by atoms with E-state index in [-0.39, 0.29) is 0 Å². The van der Waals surface area contributed by atoms with E-state index in [4.69, 9.17) is 46.4 Å². The molecule has 20 rings (SSSR count). The Morgan fingerprint density at radius 3 is 0.917 bits per heavy atom. The number of benzene rings is 12. The number of unbranched alkanes of at least 4 members (excludes halogenated alkanes) is 3. The molecule has 0 spiro atoms. The standard InChI is InChI=1S/C31H35ClN4.C27H27ClN4S.C26H25ClN4S.C26H24ClN3S/c1-35(20-7-6-18-33-28-17-19-34-29-23-26(32)15-16-27(28)29)21-8-22-36-30-11-4-2-9-24(30)13-14-25-10-3-5-12-31(25)36;28-20-11-12-21-22(13-17-31-23(21)19-20)30-16-5-14-29-15-6-18-32-24-7-1-3-9-26(24)33-27-10-4-2-8-25(27)32;27-19-10-11-20-21(12-15-30-22(20)18-19)29-14-5-13-28-16-17-31-23-6-1-3-8-25(23)32-26-9-4-2-7-24(26)31;27-19-12-13-20-21(14-16-29-22(20)18-19)28-15-6-1-7-17-30-23-8-2-4-10-25(23)31-26-11-5-3-9-24(26)30/h2-5,9-12,15-17,19,23H,6-8,13-14,18,20-22H2,1H3,(H,33,34);1-4,7-13,17,19,29H,5-6,14-16,18H2,(H,30,31);1-4,6-12,15,18,28H,5,13-14,16-17H2,(H,29,30);2-5,8-14,16,18H,1,6-7,15,17H2,(H,28,29). The molecule has 22 heteroatoms. The van der Waals surface area contributed by atoms with Crippen molar-refractivity contribution in [3.63, 3.8) is 0 Å². The van der Waals surface area contributed by atoms with Crippen LogP contribution in [0.25, 0.3) is 43.6 Å². The maximum atomic E-state index is 6.11. The molecule has 4 aromatic heterocycles. The second kappa shape index (κ2) is 46.9. The van der Waals surface area contributed by atoms with Crippen LogP contribution in [0.4, 0.5) is 68.2 Å². The molecule has 672 valence electrons. The molecule has 132 heavy (non-hydrogen) atoms. The zero-order valence-corrected chi connectivity index (χ0v) is 79.9. The first-order valence-electron chi connectivity index (χ1n) is 46.1. The monoisotopic (exact) mass is 1880 g/mol. The molecule has 4 aliphatic rings. The van der Waals surface area contributed by atoms with Gasteiger partial charge in [0.05, 0.1) is 56.2 Å². The van der Waals surface area contributed by atoms with Gasteiger partial charge in [0, 0.05) is 189 Å². The third-order valence-electron chi connectivity index (χ3n) is 24.2. The number of pyridine rings is 4. The molecule has 6 N–H and O–H groups in total. The fraction of sp³-hybridized carbons (Fsp3) is 0.236. The summed E-state index contributed by atoms with van der Waals surface area (Å²) >= 11 is 30.0. The largest absolute Gasteiger partial charge is 0.384 e. The number of anilines is 12. The van der Waals surface area contributed by atoms with Gasteiger partial charge in [0.2, 0.25) is 0 Å². The van der Waals surface area contributed by atoms with E-state index in [2.05, 4.69) is 278 Å². The van der Waals surface area contributed by atoms with Crippen LogP contribution in [0.15, 0.2) is 345 Å². The zero-order valence-electron chi connectivity index (χ0n) is 74.5. The molecule has 4 aliphatic heterocycles. The summed E-state index contributed by atoms with van der Waals surface area (Å²) in [6, 6.07) is 102. The van der Waals surface area contributed by atoms with E-state index in [1.165, 1.54) is 98.8 Å². The molecular weight excluding hydrogens is 1770 g/mol. The van der Waals surface area contributed by atoms with E-state index in [0.717, 1.165) is 226 Å². The molecule has 0 radical (unpaired) electrons. The maximum Gasteiger partial charge on any atom is 0.0737 e. The Hall–Kier alpha value is -11.2. The van der Waals surface area contributed by atoms with E-state index < -0.39 is 0 Å². The number of aryl methyl sites for hydroxylation is 2. The van der Waals surface area contributed by atoms with Gasteiger partial charge in [0.15, 0.2) is 0 Å². The SMILES string of the molecule is CN(CCCCNc1ccnc2cc(Cl)ccc12)CCCN1c2ccccc2CCc2ccccc21.Clc1ccc2c(NCCCCCN3c4ccccc4Sc4ccccc43)ccnc2c1.Clc1ccc2c(NCCCNCCCN3c4ccccc4Sc4ccccc43)ccnc2c1.Clc1ccc2c(NCCCNCCN3c4ccccc4Sc4ccccc43)ccnc2c1. The van der Waals surface area contributed by atoms with Crippen molar-refractivity contribution in [2.75, 3.05) is 140 Å². The Labute approximate surface area is 809 Å². The molecular formula is C110H111Cl4N15S3. The minimum atomic E-state index is 0.712. The number of nitrogens with one attached hydrogen (secondary N) is 6. The van der Waals surface area contributed by atoms with Gasteiger partial charge in [-0.1, -0.05) is 191 Å². The molecule has 16 aromatic rings. The van der Waals surface area contributed by atoms with E-state index in [0.29, 0.717) is 10.0 Å². The van der Waals surface area contributed by atoms with Crippen molar-refractivity contribution in [2.24, 2.45) is 0 Å². The lowest BCUT2D eigenvalue weighted by Gasteiger charge is -2.32. The second-order valence-electron chi connectivity index (χ2n) is 33.2. The summed E-state index contributed by atoms with van der Waals surface area (Å²) < 4.78 is 0. The number of aromatic nitrogens is 4. The number of halogens is 4. The maximum absolute atomic E-state index is 6.11. The second-order valence-corrected chi connectivity index (χ2v) is 38.2. The van der Waals surface area contributed by atoms with Gasteiger partial charge in [-0.15, -0.1) is 0 Å². The van der Waals surface area contributed by atoms with E-state index in [9.17, 15) is 0 Å². The Bertz CT molecular complexity index is 6370. The third-order valence-corrected chi connectivity index (χ3v) is 28.5. The Balaban J connectivity index is 0.000000123. The van der Waals surface area contributed by atoms with Crippen LogP contribution in [0.5, 0.6) is 0 Å². The molecule has 0 amide bonds. The molecule has 0 fully saturated rings. The highest BCUT2D eigenvalue weighted by Gasteiger charge is 2.27. The van der Waals surface area contributed by atoms with Crippen LogP contribution in [-0.2, 0) is 12.8 Å². The first-order valence-corrected chi connectivity index (χ1v) is 50.1. The predicted octanol–water partition coefficient (Wildman–Crippen LogP) is 28.7. The lowest BCUT2D eigenvalue weighted by atomic mass is 10.0. The van der Waals surface area contributed by atoms with Crippen LogP contribution in [-0.4, -0.2) is 124 Å². The number of nitrogens with zero attached hydrogens (tertiary/aromatic N) is 9. The predicted molar refractivity (Wildman–Crippen MR) is 565 cm³/mol. The summed E-state index contributed by atoms with van der Waals surface area (Å²) in [7, 11) is 2.25. The summed E-state index contributed by atoms with van der Waals surface area (Å²) in [5.41, 5.74) is 21.7. The van der Waals surface area contributed by atoms with Crippen molar-refractivity contribution in [2.45, 2.75) is 100 Å². The van der Waals surface area contributed by atoms with Crippen molar-refractivity contribution < 1.29 is 0 Å². The highest BCUT2D eigenvalue weighted by Crippen LogP contribution is 2.51. The van der Waals surface area contributed by atoms with Gasteiger partial charge in [-0.3, -0.25) is 19.9 Å². The molecule has 0 atom stereocenters. The average Bonchev–Trinajstić information content (AvgIpc) is 0.966. The lowest BCUT2D eigenvalue weighted by molar-refractivity contribution is 0.324. The van der Waals surface area contributed by atoms with Gasteiger partial charge >= 0.3 is 0 Å².